The van der Waals surface area contributed by atoms with E-state index in [1.165, 1.54) is 5.56 Å². The van der Waals surface area contributed by atoms with Crippen LogP contribution >= 0.6 is 11.6 Å². The third kappa shape index (κ3) is 3.45. The van der Waals surface area contributed by atoms with Gasteiger partial charge in [0.15, 0.2) is 5.58 Å². The first kappa shape index (κ1) is 18.1. The molecule has 5 heteroatoms. The summed E-state index contributed by atoms with van der Waals surface area (Å²) in [6.45, 7) is 4.36. The van der Waals surface area contributed by atoms with Gasteiger partial charge in [0.05, 0.1) is 0 Å². The summed E-state index contributed by atoms with van der Waals surface area (Å²) < 4.78 is 17.6. The Morgan fingerprint density at radius 3 is 2.55 bits per heavy atom. The van der Waals surface area contributed by atoms with E-state index < -0.39 is 0 Å². The minimum absolute atomic E-state index is 0.233. The van der Waals surface area contributed by atoms with E-state index in [-0.39, 0.29) is 6.10 Å². The molecule has 1 unspecified atom stereocenters. The van der Waals surface area contributed by atoms with Gasteiger partial charge in [0.1, 0.15) is 29.0 Å². The second-order valence-electron chi connectivity index (χ2n) is 7.67. The fraction of sp³-hybridized carbons (Fsp3) is 0.208. The van der Waals surface area contributed by atoms with Crippen LogP contribution in [0.25, 0.3) is 22.2 Å². The van der Waals surface area contributed by atoms with Gasteiger partial charge < -0.3 is 14.0 Å². The number of ether oxygens (including phenoxy) is 2. The van der Waals surface area contributed by atoms with Gasteiger partial charge >= 0.3 is 0 Å². The van der Waals surface area contributed by atoms with Crippen molar-refractivity contribution in [2.75, 3.05) is 0 Å². The molecule has 0 saturated carbocycles. The first-order valence-electron chi connectivity index (χ1n) is 9.69. The number of hydrogen-bond donors (Lipinski definition) is 0. The highest BCUT2D eigenvalue weighted by molar-refractivity contribution is 6.30. The summed E-state index contributed by atoms with van der Waals surface area (Å²) in [5.41, 5.74) is 3.61. The Morgan fingerprint density at radius 2 is 1.76 bits per heavy atom. The van der Waals surface area contributed by atoms with Crippen molar-refractivity contribution in [1.29, 1.82) is 0 Å². The highest BCUT2D eigenvalue weighted by atomic mass is 35.5. The number of fused-ring (bicyclic) bond motifs is 2. The van der Waals surface area contributed by atoms with E-state index >= 15 is 0 Å². The highest BCUT2D eigenvalue weighted by Gasteiger charge is 2.25. The average Bonchev–Trinajstić information content (AvgIpc) is 3.32. The van der Waals surface area contributed by atoms with Crippen LogP contribution in [0.2, 0.25) is 5.02 Å². The molecule has 0 saturated heterocycles. The number of nitrogens with zero attached hydrogens (tertiary/aromatic N) is 1. The molecule has 1 aromatic heterocycles. The van der Waals surface area contributed by atoms with Gasteiger partial charge in [-0.05, 0) is 48.4 Å². The van der Waals surface area contributed by atoms with Crippen LogP contribution < -0.4 is 9.47 Å². The van der Waals surface area contributed by atoms with E-state index in [4.69, 9.17) is 25.6 Å². The van der Waals surface area contributed by atoms with E-state index in [1.807, 2.05) is 54.6 Å². The summed E-state index contributed by atoms with van der Waals surface area (Å²) in [7, 11) is 0. The minimum atomic E-state index is 0.233. The number of aromatic nitrogens is 1. The zero-order valence-electron chi connectivity index (χ0n) is 16.2. The molecule has 2 heterocycles. The molecule has 0 bridgehead atoms. The molecular formula is C24H20ClNO3. The Balaban J connectivity index is 1.40. The Morgan fingerprint density at radius 1 is 1.00 bits per heavy atom. The maximum atomic E-state index is 6.08. The van der Waals surface area contributed by atoms with Crippen LogP contribution in [-0.4, -0.2) is 11.3 Å². The highest BCUT2D eigenvalue weighted by Crippen LogP contribution is 2.37. The smallest absolute Gasteiger partial charge is 0.171 e. The van der Waals surface area contributed by atoms with Gasteiger partial charge in [-0.15, -0.1) is 0 Å². The molecule has 1 atom stereocenters. The minimum Gasteiger partial charge on any atom is -0.490 e. The monoisotopic (exact) mass is 405 g/mol. The first-order valence-corrected chi connectivity index (χ1v) is 10.1. The number of benzene rings is 3. The van der Waals surface area contributed by atoms with E-state index in [0.717, 1.165) is 34.6 Å². The van der Waals surface area contributed by atoms with Crippen LogP contribution in [0.1, 0.15) is 19.4 Å². The molecule has 1 aliphatic heterocycles. The van der Waals surface area contributed by atoms with E-state index in [1.54, 1.807) is 0 Å². The van der Waals surface area contributed by atoms with Crippen LogP contribution in [0.15, 0.2) is 65.2 Å². The number of hydrogen-bond acceptors (Lipinski definition) is 4. The lowest BCUT2D eigenvalue weighted by Gasteiger charge is -2.13. The predicted molar refractivity (Wildman–Crippen MR) is 114 cm³/mol. The van der Waals surface area contributed by atoms with Gasteiger partial charge in [-0.1, -0.05) is 42.7 Å². The summed E-state index contributed by atoms with van der Waals surface area (Å²) in [6, 6.07) is 19.3. The molecule has 0 N–H and O–H groups in total. The van der Waals surface area contributed by atoms with Crippen molar-refractivity contribution >= 4 is 22.6 Å². The number of rotatable bonds is 4. The molecule has 4 aromatic rings. The van der Waals surface area contributed by atoms with E-state index in [2.05, 4.69) is 25.1 Å². The van der Waals surface area contributed by atoms with Crippen LogP contribution in [0, 0.1) is 5.92 Å². The quantitative estimate of drug-likeness (QED) is 0.370. The third-order valence-corrected chi connectivity index (χ3v) is 5.52. The lowest BCUT2D eigenvalue weighted by Crippen LogP contribution is -2.19. The maximum Gasteiger partial charge on any atom is 0.171 e. The second-order valence-corrected chi connectivity index (χ2v) is 8.11. The second kappa shape index (κ2) is 7.12. The fourth-order valence-corrected chi connectivity index (χ4v) is 3.75. The van der Waals surface area contributed by atoms with Crippen molar-refractivity contribution in [2.24, 2.45) is 5.92 Å². The van der Waals surface area contributed by atoms with Crippen molar-refractivity contribution in [3.05, 3.63) is 71.2 Å². The van der Waals surface area contributed by atoms with E-state index in [0.29, 0.717) is 22.3 Å². The molecular weight excluding hydrogens is 386 g/mol. The van der Waals surface area contributed by atoms with Crippen molar-refractivity contribution in [1.82, 2.24) is 5.16 Å². The Kier molecular flexibility index (Phi) is 4.44. The predicted octanol–water partition coefficient (Wildman–Crippen LogP) is 6.90. The Bertz CT molecular complexity index is 1180. The summed E-state index contributed by atoms with van der Waals surface area (Å²) in [4.78, 5) is 0. The molecule has 3 aromatic carbocycles. The average molecular weight is 406 g/mol. The topological polar surface area (TPSA) is 44.5 Å². The third-order valence-electron chi connectivity index (χ3n) is 5.27. The van der Waals surface area contributed by atoms with Crippen LogP contribution in [0.5, 0.6) is 17.2 Å². The molecule has 1 aliphatic rings. The summed E-state index contributed by atoms with van der Waals surface area (Å²) >= 11 is 5.98. The molecule has 4 nitrogen and oxygen atoms in total. The van der Waals surface area contributed by atoms with Gasteiger partial charge in [-0.2, -0.15) is 0 Å². The Hall–Kier alpha value is -2.98. The molecule has 0 aliphatic carbocycles. The first-order chi connectivity index (χ1) is 14.1. The van der Waals surface area contributed by atoms with Gasteiger partial charge in [0.2, 0.25) is 0 Å². The molecule has 0 radical (unpaired) electrons. The number of halogens is 1. The van der Waals surface area contributed by atoms with Crippen molar-refractivity contribution in [3.8, 4) is 28.5 Å². The largest absolute Gasteiger partial charge is 0.490 e. The lowest BCUT2D eigenvalue weighted by atomic mass is 10.0. The molecule has 146 valence electrons. The molecule has 0 amide bonds. The van der Waals surface area contributed by atoms with Crippen molar-refractivity contribution in [2.45, 2.75) is 26.4 Å². The summed E-state index contributed by atoms with van der Waals surface area (Å²) in [5.74, 6) is 2.92. The molecule has 5 rings (SSSR count). The molecule has 0 spiro atoms. The normalized spacial score (nSPS) is 15.5. The summed E-state index contributed by atoms with van der Waals surface area (Å²) in [6.07, 6.45) is 1.15. The van der Waals surface area contributed by atoms with E-state index in [9.17, 15) is 0 Å². The fourth-order valence-electron chi connectivity index (χ4n) is 3.62. The maximum absolute atomic E-state index is 6.08. The standard InChI is InChI=1S/C24H20ClNO3/c1-14(2)22-12-16-11-18(8-10-21(16)28-22)27-19-7-9-20-23(13-19)29-26-24(20)15-3-5-17(25)6-4-15/h3-11,13-14,22H,12H2,1-2H3. The zero-order chi connectivity index (χ0) is 20.0. The Labute approximate surface area is 174 Å². The van der Waals surface area contributed by atoms with Crippen LogP contribution in [0.3, 0.4) is 0 Å². The van der Waals surface area contributed by atoms with Gasteiger partial charge in [0.25, 0.3) is 0 Å². The summed E-state index contributed by atoms with van der Waals surface area (Å²) in [5, 5.41) is 5.85. The van der Waals surface area contributed by atoms with Gasteiger partial charge in [-0.3, -0.25) is 0 Å². The van der Waals surface area contributed by atoms with Crippen LogP contribution in [-0.2, 0) is 6.42 Å². The zero-order valence-corrected chi connectivity index (χ0v) is 16.9. The lowest BCUT2D eigenvalue weighted by molar-refractivity contribution is 0.179. The molecule has 0 fully saturated rings. The van der Waals surface area contributed by atoms with Crippen molar-refractivity contribution < 1.29 is 14.0 Å². The van der Waals surface area contributed by atoms with Gasteiger partial charge in [0, 0.05) is 34.0 Å². The van der Waals surface area contributed by atoms with Crippen molar-refractivity contribution in [3.63, 3.8) is 0 Å². The SMILES string of the molecule is CC(C)C1Cc2cc(Oc3ccc4c(-c5ccc(Cl)cc5)noc4c3)ccc2O1. The molecule has 29 heavy (non-hydrogen) atoms. The van der Waals surface area contributed by atoms with Gasteiger partial charge in [-0.25, -0.2) is 0 Å². The van der Waals surface area contributed by atoms with Crippen LogP contribution in [0.4, 0.5) is 0 Å².